The zero-order valence-electron chi connectivity index (χ0n) is 14.6. The summed E-state index contributed by atoms with van der Waals surface area (Å²) in [6.07, 6.45) is 3.37. The van der Waals surface area contributed by atoms with Crippen molar-refractivity contribution < 1.29 is 19.1 Å². The Hall–Kier alpha value is -2.83. The van der Waals surface area contributed by atoms with Gasteiger partial charge in [0.05, 0.1) is 13.4 Å². The third-order valence-corrected chi connectivity index (χ3v) is 3.72. The lowest BCUT2D eigenvalue weighted by Gasteiger charge is -2.16. The number of carbonyl (C=O) groups excluding carboxylic acids is 2. The minimum atomic E-state index is -0.801. The smallest absolute Gasteiger partial charge is 0.328 e. The van der Waals surface area contributed by atoms with Gasteiger partial charge in [-0.25, -0.2) is 9.78 Å². The van der Waals surface area contributed by atoms with Gasteiger partial charge in [0.2, 0.25) is 0 Å². The Kier molecular flexibility index (Phi) is 6.56. The number of methoxy groups -OCH3 is 1. The largest absolute Gasteiger partial charge is 0.484 e. The fourth-order valence-electron chi connectivity index (χ4n) is 2.29. The number of esters is 1. The van der Waals surface area contributed by atoms with Gasteiger partial charge in [0.15, 0.2) is 6.61 Å². The predicted molar refractivity (Wildman–Crippen MR) is 92.3 cm³/mol. The highest BCUT2D eigenvalue weighted by molar-refractivity contribution is 5.85. The number of hydrogen-bond donors (Lipinski definition) is 2. The average molecular weight is 345 g/mol. The second-order valence-corrected chi connectivity index (χ2v) is 5.94. The summed E-state index contributed by atoms with van der Waals surface area (Å²) in [7, 11) is 1.28. The first-order valence-electron chi connectivity index (χ1n) is 8.06. The van der Waals surface area contributed by atoms with Crippen molar-refractivity contribution in [3.8, 4) is 5.75 Å². The van der Waals surface area contributed by atoms with Crippen LogP contribution in [0.15, 0.2) is 36.8 Å². The highest BCUT2D eigenvalue weighted by Gasteiger charge is 2.22. The summed E-state index contributed by atoms with van der Waals surface area (Å²) >= 11 is 0. The Labute approximate surface area is 146 Å². The van der Waals surface area contributed by atoms with Gasteiger partial charge in [-0.1, -0.05) is 26.0 Å². The Morgan fingerprint density at radius 3 is 2.52 bits per heavy atom. The van der Waals surface area contributed by atoms with Crippen LogP contribution in [-0.2, 0) is 20.7 Å². The monoisotopic (exact) mass is 345 g/mol. The van der Waals surface area contributed by atoms with E-state index < -0.39 is 17.9 Å². The van der Waals surface area contributed by atoms with E-state index in [1.165, 1.54) is 19.0 Å². The summed E-state index contributed by atoms with van der Waals surface area (Å²) in [6, 6.07) is 6.78. The second-order valence-electron chi connectivity index (χ2n) is 5.94. The van der Waals surface area contributed by atoms with Crippen LogP contribution in [-0.4, -0.2) is 41.6 Å². The van der Waals surface area contributed by atoms with E-state index in [9.17, 15) is 9.59 Å². The number of imidazole rings is 1. The predicted octanol–water partition coefficient (Wildman–Crippen LogP) is 1.81. The topological polar surface area (TPSA) is 93.3 Å². The van der Waals surface area contributed by atoms with Crippen LogP contribution in [0.2, 0.25) is 0 Å². The standard InChI is InChI=1S/C18H23N3O4/c1-12(2)13-4-6-15(7-5-13)25-10-17(22)21-16(18(23)24-3)8-14-9-19-11-20-14/h4-7,9,11-12,16H,8,10H2,1-3H3,(H,19,20)(H,21,22)/t16-/m0/s1. The molecule has 2 N–H and O–H groups in total. The molecule has 134 valence electrons. The number of nitrogens with zero attached hydrogens (tertiary/aromatic N) is 1. The Bertz CT molecular complexity index is 681. The van der Waals surface area contributed by atoms with E-state index in [4.69, 9.17) is 9.47 Å². The number of benzene rings is 1. The molecule has 1 atom stereocenters. The third-order valence-electron chi connectivity index (χ3n) is 3.72. The van der Waals surface area contributed by atoms with Gasteiger partial charge in [0.25, 0.3) is 5.91 Å². The molecule has 0 aliphatic heterocycles. The summed E-state index contributed by atoms with van der Waals surface area (Å²) < 4.78 is 10.2. The molecule has 0 spiro atoms. The van der Waals surface area contributed by atoms with Gasteiger partial charge in [0, 0.05) is 18.3 Å². The van der Waals surface area contributed by atoms with Crippen LogP contribution in [0.3, 0.4) is 0 Å². The lowest BCUT2D eigenvalue weighted by Crippen LogP contribution is -2.45. The van der Waals surface area contributed by atoms with Gasteiger partial charge in [-0.05, 0) is 23.6 Å². The molecule has 0 unspecified atom stereocenters. The summed E-state index contributed by atoms with van der Waals surface area (Å²) in [5, 5.41) is 2.62. The molecule has 1 heterocycles. The number of amides is 1. The van der Waals surface area contributed by atoms with Gasteiger partial charge < -0.3 is 19.8 Å². The highest BCUT2D eigenvalue weighted by Crippen LogP contribution is 2.18. The number of hydrogen-bond acceptors (Lipinski definition) is 5. The van der Waals surface area contributed by atoms with E-state index in [1.807, 2.05) is 24.3 Å². The molecule has 7 heteroatoms. The molecule has 1 amide bonds. The van der Waals surface area contributed by atoms with Gasteiger partial charge in [0.1, 0.15) is 11.8 Å². The number of nitrogens with one attached hydrogen (secondary N) is 2. The summed E-state index contributed by atoms with van der Waals surface area (Å²) in [4.78, 5) is 30.7. The molecule has 0 saturated heterocycles. The van der Waals surface area contributed by atoms with Crippen LogP contribution < -0.4 is 10.1 Å². The number of H-pyrrole nitrogens is 1. The van der Waals surface area contributed by atoms with E-state index in [0.29, 0.717) is 11.7 Å². The molecule has 2 aromatic rings. The van der Waals surface area contributed by atoms with Crippen LogP contribution in [0, 0.1) is 0 Å². The molecule has 7 nitrogen and oxygen atoms in total. The van der Waals surface area contributed by atoms with Crippen LogP contribution in [0.1, 0.15) is 31.0 Å². The fourth-order valence-corrected chi connectivity index (χ4v) is 2.29. The lowest BCUT2D eigenvalue weighted by atomic mass is 10.0. The van der Waals surface area contributed by atoms with E-state index in [1.54, 1.807) is 6.20 Å². The zero-order chi connectivity index (χ0) is 18.2. The van der Waals surface area contributed by atoms with Crippen molar-refractivity contribution in [1.29, 1.82) is 0 Å². The Morgan fingerprint density at radius 1 is 1.24 bits per heavy atom. The molecule has 0 fully saturated rings. The number of rotatable bonds is 8. The van der Waals surface area contributed by atoms with Crippen molar-refractivity contribution >= 4 is 11.9 Å². The molecular weight excluding hydrogens is 322 g/mol. The number of ether oxygens (including phenoxy) is 2. The number of aromatic nitrogens is 2. The van der Waals surface area contributed by atoms with Crippen molar-refractivity contribution in [2.75, 3.05) is 13.7 Å². The number of aromatic amines is 1. The molecule has 0 radical (unpaired) electrons. The van der Waals surface area contributed by atoms with Gasteiger partial charge in [-0.2, -0.15) is 0 Å². The normalized spacial score (nSPS) is 11.8. The first-order chi connectivity index (χ1) is 12.0. The lowest BCUT2D eigenvalue weighted by molar-refractivity contribution is -0.145. The van der Waals surface area contributed by atoms with Crippen LogP contribution in [0.5, 0.6) is 5.75 Å². The van der Waals surface area contributed by atoms with E-state index in [-0.39, 0.29) is 13.0 Å². The molecule has 1 aromatic carbocycles. The van der Waals surface area contributed by atoms with Crippen molar-refractivity contribution in [3.05, 3.63) is 48.0 Å². The first-order valence-corrected chi connectivity index (χ1v) is 8.06. The van der Waals surface area contributed by atoms with Gasteiger partial charge >= 0.3 is 5.97 Å². The van der Waals surface area contributed by atoms with E-state index >= 15 is 0 Å². The molecule has 0 saturated carbocycles. The third kappa shape index (κ3) is 5.63. The molecule has 0 aliphatic rings. The minimum absolute atomic E-state index is 0.183. The van der Waals surface area contributed by atoms with Gasteiger partial charge in [-0.15, -0.1) is 0 Å². The maximum Gasteiger partial charge on any atom is 0.328 e. The Balaban J connectivity index is 1.88. The minimum Gasteiger partial charge on any atom is -0.484 e. The quantitative estimate of drug-likeness (QED) is 0.712. The molecule has 25 heavy (non-hydrogen) atoms. The molecule has 2 rings (SSSR count). The SMILES string of the molecule is COC(=O)[C@H](Cc1cnc[nH]1)NC(=O)COc1ccc(C(C)C)cc1. The van der Waals surface area contributed by atoms with Crippen LogP contribution in [0.4, 0.5) is 0 Å². The van der Waals surface area contributed by atoms with Crippen molar-refractivity contribution in [2.24, 2.45) is 0 Å². The molecule has 0 aliphatic carbocycles. The maximum absolute atomic E-state index is 12.1. The fraction of sp³-hybridized carbons (Fsp3) is 0.389. The van der Waals surface area contributed by atoms with Gasteiger partial charge in [-0.3, -0.25) is 4.79 Å². The van der Waals surface area contributed by atoms with Crippen LogP contribution in [0.25, 0.3) is 0 Å². The van der Waals surface area contributed by atoms with E-state index in [2.05, 4.69) is 29.1 Å². The Morgan fingerprint density at radius 2 is 1.96 bits per heavy atom. The summed E-state index contributed by atoms with van der Waals surface area (Å²) in [6.45, 7) is 4.03. The molecular formula is C18H23N3O4. The number of carbonyl (C=O) groups is 2. The molecule has 1 aromatic heterocycles. The highest BCUT2D eigenvalue weighted by atomic mass is 16.5. The summed E-state index contributed by atoms with van der Waals surface area (Å²) in [5.41, 5.74) is 1.92. The van der Waals surface area contributed by atoms with Crippen molar-refractivity contribution in [3.63, 3.8) is 0 Å². The molecule has 0 bridgehead atoms. The summed E-state index contributed by atoms with van der Waals surface area (Å²) in [5.74, 6) is 0.107. The van der Waals surface area contributed by atoms with Crippen LogP contribution >= 0.6 is 0 Å². The first kappa shape index (κ1) is 18.5. The van der Waals surface area contributed by atoms with Crippen molar-refractivity contribution in [1.82, 2.24) is 15.3 Å². The second kappa shape index (κ2) is 8.86. The maximum atomic E-state index is 12.1. The van der Waals surface area contributed by atoms with Crippen molar-refractivity contribution in [2.45, 2.75) is 32.2 Å². The van der Waals surface area contributed by atoms with E-state index in [0.717, 1.165) is 5.69 Å². The average Bonchev–Trinajstić information content (AvgIpc) is 3.12. The zero-order valence-corrected chi connectivity index (χ0v) is 14.6.